The Kier molecular flexibility index (Phi) is 6.67. The van der Waals surface area contributed by atoms with Crippen LogP contribution in [0.3, 0.4) is 0 Å². The summed E-state index contributed by atoms with van der Waals surface area (Å²) in [4.78, 5) is 24.3. The van der Waals surface area contributed by atoms with E-state index in [4.69, 9.17) is 4.74 Å². The molecule has 3 aromatic rings. The van der Waals surface area contributed by atoms with Gasteiger partial charge in [-0.1, -0.05) is 35.9 Å². The fourth-order valence-corrected chi connectivity index (χ4v) is 3.13. The highest BCUT2D eigenvalue weighted by molar-refractivity contribution is 5.77. The molecular formula is C24H27N3O3. The fourth-order valence-electron chi connectivity index (χ4n) is 3.13. The first-order valence-electron chi connectivity index (χ1n) is 9.96. The van der Waals surface area contributed by atoms with E-state index < -0.39 is 0 Å². The van der Waals surface area contributed by atoms with E-state index in [1.165, 1.54) is 10.7 Å². The van der Waals surface area contributed by atoms with Crippen LogP contribution in [0.4, 0.5) is 0 Å². The Morgan fingerprint density at radius 3 is 2.47 bits per heavy atom. The van der Waals surface area contributed by atoms with Gasteiger partial charge in [0, 0.05) is 18.2 Å². The van der Waals surface area contributed by atoms with Gasteiger partial charge in [-0.15, -0.1) is 0 Å². The third-order valence-corrected chi connectivity index (χ3v) is 4.98. The topological polar surface area (TPSA) is 73.2 Å². The Labute approximate surface area is 176 Å². The highest BCUT2D eigenvalue weighted by atomic mass is 16.5. The molecule has 1 amide bonds. The van der Waals surface area contributed by atoms with Crippen LogP contribution in [0.15, 0.2) is 53.3 Å². The molecule has 0 spiro atoms. The van der Waals surface area contributed by atoms with E-state index in [1.807, 2.05) is 58.0 Å². The SMILES string of the molecule is Cc1ccc(-c2ccc(=O)n(CCNC(=O)COc3cc(C)cc(C)c3C)n2)cc1. The molecule has 1 heterocycles. The highest BCUT2D eigenvalue weighted by Gasteiger charge is 2.08. The Hall–Kier alpha value is -3.41. The van der Waals surface area contributed by atoms with Crippen molar-refractivity contribution in [2.24, 2.45) is 0 Å². The molecule has 1 aromatic heterocycles. The third-order valence-electron chi connectivity index (χ3n) is 4.98. The average Bonchev–Trinajstić information content (AvgIpc) is 2.71. The molecule has 156 valence electrons. The number of ether oxygens (including phenoxy) is 1. The van der Waals surface area contributed by atoms with E-state index in [2.05, 4.69) is 16.5 Å². The van der Waals surface area contributed by atoms with Crippen molar-refractivity contribution < 1.29 is 9.53 Å². The molecule has 0 unspecified atom stereocenters. The van der Waals surface area contributed by atoms with Crippen molar-refractivity contribution >= 4 is 5.91 Å². The van der Waals surface area contributed by atoms with E-state index in [9.17, 15) is 9.59 Å². The van der Waals surface area contributed by atoms with Gasteiger partial charge in [-0.25, -0.2) is 4.68 Å². The first kappa shape index (κ1) is 21.3. The lowest BCUT2D eigenvalue weighted by Gasteiger charge is -2.13. The van der Waals surface area contributed by atoms with Crippen molar-refractivity contribution in [2.75, 3.05) is 13.2 Å². The van der Waals surface area contributed by atoms with Crippen LogP contribution in [-0.4, -0.2) is 28.8 Å². The number of hydrogen-bond donors (Lipinski definition) is 1. The maximum absolute atomic E-state index is 12.1. The standard InChI is InChI=1S/C24H27N3O3/c1-16-5-7-20(8-6-16)21-9-10-24(29)27(26-21)12-11-25-23(28)15-30-22-14-17(2)13-18(3)19(22)4/h5-10,13-14H,11-12,15H2,1-4H3,(H,25,28). The number of benzene rings is 2. The van der Waals surface area contributed by atoms with Crippen molar-refractivity contribution in [2.45, 2.75) is 34.2 Å². The Morgan fingerprint density at radius 1 is 1.00 bits per heavy atom. The molecule has 0 radical (unpaired) electrons. The number of nitrogens with one attached hydrogen (secondary N) is 1. The molecule has 0 aliphatic heterocycles. The molecule has 0 atom stereocenters. The van der Waals surface area contributed by atoms with Gasteiger partial charge in [0.2, 0.25) is 0 Å². The van der Waals surface area contributed by atoms with Crippen LogP contribution in [0.25, 0.3) is 11.3 Å². The van der Waals surface area contributed by atoms with Crippen LogP contribution < -0.4 is 15.6 Å². The normalized spacial score (nSPS) is 10.7. The first-order valence-corrected chi connectivity index (χ1v) is 9.96. The third kappa shape index (κ3) is 5.35. The van der Waals surface area contributed by atoms with Crippen LogP contribution in [0.5, 0.6) is 5.75 Å². The van der Waals surface area contributed by atoms with Gasteiger partial charge in [0.15, 0.2) is 6.61 Å². The predicted octanol–water partition coefficient (Wildman–Crippen LogP) is 3.34. The van der Waals surface area contributed by atoms with Gasteiger partial charge >= 0.3 is 0 Å². The number of hydrogen-bond acceptors (Lipinski definition) is 4. The summed E-state index contributed by atoms with van der Waals surface area (Å²) >= 11 is 0. The van der Waals surface area contributed by atoms with Crippen molar-refractivity contribution in [3.63, 3.8) is 0 Å². The summed E-state index contributed by atoms with van der Waals surface area (Å²) < 4.78 is 7.04. The summed E-state index contributed by atoms with van der Waals surface area (Å²) in [5, 5.41) is 7.20. The van der Waals surface area contributed by atoms with Gasteiger partial charge < -0.3 is 10.1 Å². The number of carbonyl (C=O) groups excluding carboxylic acids is 1. The molecule has 2 aromatic carbocycles. The zero-order valence-electron chi connectivity index (χ0n) is 17.9. The first-order chi connectivity index (χ1) is 14.3. The number of carbonyl (C=O) groups is 1. The van der Waals surface area contributed by atoms with Gasteiger partial charge in [0.1, 0.15) is 5.75 Å². The minimum atomic E-state index is -0.240. The number of aromatic nitrogens is 2. The van der Waals surface area contributed by atoms with Crippen LogP contribution in [0.2, 0.25) is 0 Å². The van der Waals surface area contributed by atoms with Gasteiger partial charge in [-0.05, 0) is 56.5 Å². The monoisotopic (exact) mass is 405 g/mol. The van der Waals surface area contributed by atoms with Crippen molar-refractivity contribution in [3.05, 3.63) is 81.1 Å². The number of rotatable bonds is 7. The van der Waals surface area contributed by atoms with Crippen LogP contribution in [0.1, 0.15) is 22.3 Å². The highest BCUT2D eigenvalue weighted by Crippen LogP contribution is 2.23. The molecule has 6 heteroatoms. The van der Waals surface area contributed by atoms with E-state index in [0.29, 0.717) is 5.75 Å². The molecule has 0 aliphatic rings. The lowest BCUT2D eigenvalue weighted by Crippen LogP contribution is -2.34. The maximum Gasteiger partial charge on any atom is 0.266 e. The summed E-state index contributed by atoms with van der Waals surface area (Å²) in [6.45, 7) is 8.51. The largest absolute Gasteiger partial charge is 0.483 e. The van der Waals surface area contributed by atoms with Gasteiger partial charge in [0.25, 0.3) is 11.5 Å². The second-order valence-corrected chi connectivity index (χ2v) is 7.49. The molecule has 0 bridgehead atoms. The zero-order chi connectivity index (χ0) is 21.7. The van der Waals surface area contributed by atoms with Gasteiger partial charge in [0.05, 0.1) is 12.2 Å². The van der Waals surface area contributed by atoms with E-state index >= 15 is 0 Å². The maximum atomic E-state index is 12.1. The second-order valence-electron chi connectivity index (χ2n) is 7.49. The van der Waals surface area contributed by atoms with E-state index in [1.54, 1.807) is 6.07 Å². The van der Waals surface area contributed by atoms with E-state index in [0.717, 1.165) is 33.5 Å². The molecule has 0 aliphatic carbocycles. The summed E-state index contributed by atoms with van der Waals surface area (Å²) in [6, 6.07) is 15.2. The minimum Gasteiger partial charge on any atom is -0.483 e. The summed E-state index contributed by atoms with van der Waals surface area (Å²) in [5.41, 5.74) is 5.86. The Morgan fingerprint density at radius 2 is 1.73 bits per heavy atom. The average molecular weight is 405 g/mol. The number of amides is 1. The predicted molar refractivity (Wildman–Crippen MR) is 118 cm³/mol. The number of nitrogens with zero attached hydrogens (tertiary/aromatic N) is 2. The summed E-state index contributed by atoms with van der Waals surface area (Å²) in [5.74, 6) is 0.475. The van der Waals surface area contributed by atoms with Crippen molar-refractivity contribution in [3.8, 4) is 17.0 Å². The lowest BCUT2D eigenvalue weighted by atomic mass is 10.1. The molecule has 30 heavy (non-hydrogen) atoms. The molecule has 3 rings (SSSR count). The van der Waals surface area contributed by atoms with Crippen molar-refractivity contribution in [1.82, 2.24) is 15.1 Å². The van der Waals surface area contributed by atoms with E-state index in [-0.39, 0.29) is 31.2 Å². The number of aryl methyl sites for hydroxylation is 3. The quantitative estimate of drug-likeness (QED) is 0.654. The molecule has 6 nitrogen and oxygen atoms in total. The van der Waals surface area contributed by atoms with Crippen LogP contribution in [-0.2, 0) is 11.3 Å². The minimum absolute atomic E-state index is 0.0739. The van der Waals surface area contributed by atoms with Crippen LogP contribution >= 0.6 is 0 Å². The van der Waals surface area contributed by atoms with Gasteiger partial charge in [-0.3, -0.25) is 9.59 Å². The second kappa shape index (κ2) is 9.39. The zero-order valence-corrected chi connectivity index (χ0v) is 17.9. The molecular weight excluding hydrogens is 378 g/mol. The van der Waals surface area contributed by atoms with Crippen molar-refractivity contribution in [1.29, 1.82) is 0 Å². The molecule has 0 saturated carbocycles. The van der Waals surface area contributed by atoms with Crippen LogP contribution in [0, 0.1) is 27.7 Å². The Bertz CT molecular complexity index is 1100. The molecule has 0 saturated heterocycles. The van der Waals surface area contributed by atoms with Gasteiger partial charge in [-0.2, -0.15) is 5.10 Å². The lowest BCUT2D eigenvalue weighted by molar-refractivity contribution is -0.123. The summed E-state index contributed by atoms with van der Waals surface area (Å²) in [6.07, 6.45) is 0. The molecule has 0 fully saturated rings. The fraction of sp³-hybridized carbons (Fsp3) is 0.292. The Balaban J connectivity index is 1.56. The molecule has 1 N–H and O–H groups in total. The smallest absolute Gasteiger partial charge is 0.266 e. The summed E-state index contributed by atoms with van der Waals surface area (Å²) in [7, 11) is 0.